The summed E-state index contributed by atoms with van der Waals surface area (Å²) in [7, 11) is 0. The number of imidazole rings is 1. The SMILES string of the molecule is Cc1ccc2[nH]c(=S)n(-c3ccc(Cl)cc3I)c2n1. The first-order chi connectivity index (χ1) is 9.06. The fourth-order valence-corrected chi connectivity index (χ4v) is 3.37. The van der Waals surface area contributed by atoms with E-state index in [1.165, 1.54) is 0 Å². The average Bonchev–Trinajstić information content (AvgIpc) is 2.65. The standard InChI is InChI=1S/C13H9ClIN3S/c1-7-2-4-10-12(16-7)18(13(19)17-10)11-5-3-8(14)6-9(11)15/h2-6H,1H3,(H,17,19). The Kier molecular flexibility index (Phi) is 3.36. The van der Waals surface area contributed by atoms with Gasteiger partial charge in [0.2, 0.25) is 0 Å². The van der Waals surface area contributed by atoms with Crippen LogP contribution in [0.2, 0.25) is 5.02 Å². The van der Waals surface area contributed by atoms with Crippen molar-refractivity contribution >= 4 is 57.6 Å². The first-order valence-corrected chi connectivity index (χ1v) is 7.46. The molecule has 96 valence electrons. The van der Waals surface area contributed by atoms with Gasteiger partial charge in [-0.1, -0.05) is 11.6 Å². The second-order valence-electron chi connectivity index (χ2n) is 4.19. The lowest BCUT2D eigenvalue weighted by Crippen LogP contribution is -1.98. The largest absolute Gasteiger partial charge is 0.329 e. The molecule has 0 aliphatic carbocycles. The van der Waals surface area contributed by atoms with Gasteiger partial charge in [0.1, 0.15) is 0 Å². The van der Waals surface area contributed by atoms with E-state index >= 15 is 0 Å². The molecular formula is C13H9ClIN3S. The van der Waals surface area contributed by atoms with E-state index < -0.39 is 0 Å². The highest BCUT2D eigenvalue weighted by Crippen LogP contribution is 2.25. The molecule has 6 heteroatoms. The third-order valence-corrected chi connectivity index (χ3v) is 4.21. The monoisotopic (exact) mass is 401 g/mol. The predicted octanol–water partition coefficient (Wildman–Crippen LogP) is 4.65. The van der Waals surface area contributed by atoms with Gasteiger partial charge in [0, 0.05) is 14.3 Å². The highest BCUT2D eigenvalue weighted by molar-refractivity contribution is 14.1. The Hall–Kier alpha value is -0.920. The van der Waals surface area contributed by atoms with Crippen molar-refractivity contribution in [1.82, 2.24) is 14.5 Å². The van der Waals surface area contributed by atoms with E-state index in [1.807, 2.05) is 41.8 Å². The molecule has 0 bridgehead atoms. The van der Waals surface area contributed by atoms with Crippen LogP contribution >= 0.6 is 46.4 Å². The molecule has 3 aromatic rings. The molecule has 2 heterocycles. The van der Waals surface area contributed by atoms with E-state index in [0.29, 0.717) is 9.79 Å². The summed E-state index contributed by atoms with van der Waals surface area (Å²) < 4.78 is 3.61. The summed E-state index contributed by atoms with van der Waals surface area (Å²) in [5.74, 6) is 0. The van der Waals surface area contributed by atoms with E-state index in [-0.39, 0.29) is 0 Å². The number of H-pyrrole nitrogens is 1. The molecule has 0 radical (unpaired) electrons. The van der Waals surface area contributed by atoms with Gasteiger partial charge < -0.3 is 4.98 Å². The van der Waals surface area contributed by atoms with E-state index in [4.69, 9.17) is 23.8 Å². The Morgan fingerprint density at radius 2 is 2.11 bits per heavy atom. The molecule has 2 aromatic heterocycles. The summed E-state index contributed by atoms with van der Waals surface area (Å²) in [6.07, 6.45) is 0. The minimum Gasteiger partial charge on any atom is -0.329 e. The summed E-state index contributed by atoms with van der Waals surface area (Å²) in [4.78, 5) is 7.74. The van der Waals surface area contributed by atoms with Crippen LogP contribution in [0.3, 0.4) is 0 Å². The summed E-state index contributed by atoms with van der Waals surface area (Å²) in [6.45, 7) is 1.96. The third-order valence-electron chi connectivity index (χ3n) is 2.82. The Bertz CT molecular complexity index is 838. The number of aromatic amines is 1. The minimum absolute atomic E-state index is 0.633. The van der Waals surface area contributed by atoms with Crippen molar-refractivity contribution in [3.63, 3.8) is 0 Å². The van der Waals surface area contributed by atoms with Gasteiger partial charge in [-0.3, -0.25) is 4.57 Å². The maximum absolute atomic E-state index is 6.00. The van der Waals surface area contributed by atoms with Crippen molar-refractivity contribution in [2.75, 3.05) is 0 Å². The summed E-state index contributed by atoms with van der Waals surface area (Å²) in [5, 5.41) is 0.712. The molecule has 0 spiro atoms. The lowest BCUT2D eigenvalue weighted by molar-refractivity contribution is 1.03. The van der Waals surface area contributed by atoms with Gasteiger partial charge in [-0.15, -0.1) is 0 Å². The summed E-state index contributed by atoms with van der Waals surface area (Å²) in [5.41, 5.74) is 3.71. The maximum Gasteiger partial charge on any atom is 0.184 e. The fourth-order valence-electron chi connectivity index (χ4n) is 1.96. The molecule has 0 amide bonds. The zero-order valence-electron chi connectivity index (χ0n) is 9.95. The van der Waals surface area contributed by atoms with Crippen molar-refractivity contribution in [3.8, 4) is 5.69 Å². The molecule has 1 aromatic carbocycles. The number of hydrogen-bond donors (Lipinski definition) is 1. The van der Waals surface area contributed by atoms with Crippen LogP contribution < -0.4 is 0 Å². The summed E-state index contributed by atoms with van der Waals surface area (Å²) >= 11 is 13.7. The molecule has 3 nitrogen and oxygen atoms in total. The molecular weight excluding hydrogens is 393 g/mol. The zero-order valence-corrected chi connectivity index (χ0v) is 13.7. The van der Waals surface area contributed by atoms with Crippen molar-refractivity contribution in [3.05, 3.63) is 49.4 Å². The number of aryl methyl sites for hydroxylation is 1. The molecule has 0 saturated carbocycles. The second-order valence-corrected chi connectivity index (χ2v) is 6.17. The lowest BCUT2D eigenvalue weighted by Gasteiger charge is -2.07. The van der Waals surface area contributed by atoms with Crippen LogP contribution in [0.15, 0.2) is 30.3 Å². The van der Waals surface area contributed by atoms with Crippen molar-refractivity contribution < 1.29 is 0 Å². The smallest absolute Gasteiger partial charge is 0.184 e. The Balaban J connectivity index is 2.38. The Labute approximate surface area is 133 Å². The maximum atomic E-state index is 6.00. The molecule has 0 aliphatic rings. The first kappa shape index (κ1) is 13.1. The molecule has 0 atom stereocenters. The highest BCUT2D eigenvalue weighted by atomic mass is 127. The van der Waals surface area contributed by atoms with Crippen molar-refractivity contribution in [1.29, 1.82) is 0 Å². The number of halogens is 2. The first-order valence-electron chi connectivity index (χ1n) is 5.60. The number of nitrogens with zero attached hydrogens (tertiary/aromatic N) is 2. The quantitative estimate of drug-likeness (QED) is 0.476. The molecule has 0 unspecified atom stereocenters. The minimum atomic E-state index is 0.633. The molecule has 0 fully saturated rings. The second kappa shape index (κ2) is 4.88. The number of benzene rings is 1. The van der Waals surface area contributed by atoms with Crippen LogP contribution in [-0.4, -0.2) is 14.5 Å². The van der Waals surface area contributed by atoms with Crippen LogP contribution in [0, 0.1) is 15.3 Å². The highest BCUT2D eigenvalue weighted by Gasteiger charge is 2.11. The van der Waals surface area contributed by atoms with Gasteiger partial charge in [0.25, 0.3) is 0 Å². The summed E-state index contributed by atoms with van der Waals surface area (Å²) in [6, 6.07) is 9.68. The number of aromatic nitrogens is 3. The number of nitrogens with one attached hydrogen (secondary N) is 1. The van der Waals surface area contributed by atoms with Crippen LogP contribution in [0.4, 0.5) is 0 Å². The third kappa shape index (κ3) is 2.30. The Morgan fingerprint density at radius 3 is 2.84 bits per heavy atom. The normalized spacial score (nSPS) is 11.1. The average molecular weight is 402 g/mol. The topological polar surface area (TPSA) is 33.6 Å². The fraction of sp³-hybridized carbons (Fsp3) is 0.0769. The van der Waals surface area contributed by atoms with Crippen molar-refractivity contribution in [2.45, 2.75) is 6.92 Å². The lowest BCUT2D eigenvalue weighted by atomic mass is 10.3. The van der Waals surface area contributed by atoms with E-state index in [9.17, 15) is 0 Å². The van der Waals surface area contributed by atoms with Gasteiger partial charge in [-0.25, -0.2) is 4.98 Å². The number of rotatable bonds is 1. The zero-order chi connectivity index (χ0) is 13.6. The van der Waals surface area contributed by atoms with Crippen LogP contribution in [0.1, 0.15) is 5.69 Å². The van der Waals surface area contributed by atoms with Crippen LogP contribution in [0.5, 0.6) is 0 Å². The van der Waals surface area contributed by atoms with E-state index in [1.54, 1.807) is 0 Å². The number of pyridine rings is 1. The van der Waals surface area contributed by atoms with Gasteiger partial charge in [0.15, 0.2) is 10.4 Å². The molecule has 1 N–H and O–H groups in total. The predicted molar refractivity (Wildman–Crippen MR) is 88.7 cm³/mol. The molecule has 3 rings (SSSR count). The number of fused-ring (bicyclic) bond motifs is 1. The number of hydrogen-bond acceptors (Lipinski definition) is 2. The van der Waals surface area contributed by atoms with Crippen LogP contribution in [0.25, 0.3) is 16.9 Å². The molecule has 0 aliphatic heterocycles. The van der Waals surface area contributed by atoms with Gasteiger partial charge in [-0.2, -0.15) is 0 Å². The van der Waals surface area contributed by atoms with Gasteiger partial charge in [-0.05, 0) is 72.1 Å². The molecule has 0 saturated heterocycles. The van der Waals surface area contributed by atoms with E-state index in [2.05, 4.69) is 32.6 Å². The van der Waals surface area contributed by atoms with Gasteiger partial charge >= 0.3 is 0 Å². The Morgan fingerprint density at radius 1 is 1.32 bits per heavy atom. The van der Waals surface area contributed by atoms with Crippen molar-refractivity contribution in [2.24, 2.45) is 0 Å². The van der Waals surface area contributed by atoms with Gasteiger partial charge in [0.05, 0.1) is 11.2 Å². The van der Waals surface area contributed by atoms with E-state index in [0.717, 1.165) is 26.1 Å². The molecule has 19 heavy (non-hydrogen) atoms. The van der Waals surface area contributed by atoms with Crippen LogP contribution in [-0.2, 0) is 0 Å².